The van der Waals surface area contributed by atoms with Gasteiger partial charge in [0.25, 0.3) is 0 Å². The number of ether oxygens (including phenoxy) is 2. The fourth-order valence-electron chi connectivity index (χ4n) is 0.921. The van der Waals surface area contributed by atoms with Gasteiger partial charge in [-0.1, -0.05) is 6.07 Å². The Morgan fingerprint density at radius 2 is 1.87 bits per heavy atom. The van der Waals surface area contributed by atoms with Crippen molar-refractivity contribution >= 4 is 0 Å². The van der Waals surface area contributed by atoms with E-state index in [1.807, 2.05) is 0 Å². The van der Waals surface area contributed by atoms with Crippen molar-refractivity contribution in [3.05, 3.63) is 24.3 Å². The third kappa shape index (κ3) is 4.55. The van der Waals surface area contributed by atoms with Crippen LogP contribution in [-0.4, -0.2) is 19.6 Å². The van der Waals surface area contributed by atoms with E-state index >= 15 is 0 Å². The zero-order valence-electron chi connectivity index (χ0n) is 7.58. The molecule has 83 valence electrons. The van der Waals surface area contributed by atoms with Crippen LogP contribution in [-0.2, 0) is 5.11 Å². The van der Waals surface area contributed by atoms with Gasteiger partial charge < -0.3 is 9.47 Å². The smallest absolute Gasteiger partial charge is 0.491 e. The van der Waals surface area contributed by atoms with Gasteiger partial charge in [0.05, 0.1) is 0 Å². The lowest BCUT2D eigenvalue weighted by Crippen LogP contribution is -2.17. The largest absolute Gasteiger partial charge is 0.573 e. The fraction of sp³-hybridized carbons (Fsp3) is 0.333. The minimum Gasteiger partial charge on any atom is -0.491 e. The van der Waals surface area contributed by atoms with Crippen molar-refractivity contribution in [3.63, 3.8) is 0 Å². The Balaban J connectivity index is 2.66. The van der Waals surface area contributed by atoms with E-state index in [4.69, 9.17) is 4.74 Å². The van der Waals surface area contributed by atoms with Crippen LogP contribution in [0.1, 0.15) is 0 Å². The summed E-state index contributed by atoms with van der Waals surface area (Å²) in [5, 5.41) is 10.1. The molecule has 0 spiro atoms. The molecule has 0 atom stereocenters. The lowest BCUT2D eigenvalue weighted by Gasteiger charge is -2.10. The van der Waals surface area contributed by atoms with E-state index in [0.717, 1.165) is 12.1 Å². The summed E-state index contributed by atoms with van der Waals surface area (Å²) in [6.07, 6.45) is -4.73. The average molecular weight is 221 g/mol. The van der Waals surface area contributed by atoms with Crippen LogP contribution in [0.15, 0.2) is 24.3 Å². The van der Waals surface area contributed by atoms with E-state index in [1.54, 1.807) is 0 Å². The minimum atomic E-state index is -4.73. The molecule has 0 saturated carbocycles. The van der Waals surface area contributed by atoms with E-state index in [0.29, 0.717) is 0 Å². The van der Waals surface area contributed by atoms with Crippen LogP contribution in [0.4, 0.5) is 13.2 Å². The van der Waals surface area contributed by atoms with Crippen molar-refractivity contribution in [1.29, 1.82) is 0 Å². The van der Waals surface area contributed by atoms with Gasteiger partial charge in [0.2, 0.25) is 0 Å². The van der Waals surface area contributed by atoms with E-state index in [2.05, 4.69) is 4.74 Å². The molecule has 0 unspecified atom stereocenters. The highest BCUT2D eigenvalue weighted by molar-refractivity contribution is 5.32. The number of alkyl halides is 3. The summed E-state index contributed by atoms with van der Waals surface area (Å²) in [6.45, 7) is -0.542. The van der Waals surface area contributed by atoms with Crippen LogP contribution in [0.2, 0.25) is 0 Å². The van der Waals surface area contributed by atoms with Crippen LogP contribution >= 0.6 is 0 Å². The van der Waals surface area contributed by atoms with Gasteiger partial charge in [0.15, 0.2) is 0 Å². The summed E-state index contributed by atoms with van der Waals surface area (Å²) in [7, 11) is 0. The zero-order chi connectivity index (χ0) is 11.3. The van der Waals surface area contributed by atoms with Gasteiger partial charge in [-0.3, -0.25) is 0 Å². The monoisotopic (exact) mass is 221 g/mol. The Kier molecular flexibility index (Phi) is 3.79. The third-order valence-corrected chi connectivity index (χ3v) is 1.39. The topological polar surface area (TPSA) is 38.4 Å². The van der Waals surface area contributed by atoms with E-state index < -0.39 is 13.0 Å². The molecule has 0 fully saturated rings. The molecule has 3 nitrogen and oxygen atoms in total. The van der Waals surface area contributed by atoms with Crippen LogP contribution in [0.25, 0.3) is 0 Å². The lowest BCUT2D eigenvalue weighted by atomic mass is 10.3. The number of hydrogen-bond acceptors (Lipinski definition) is 2. The Morgan fingerprint density at radius 1 is 1.20 bits per heavy atom. The van der Waals surface area contributed by atoms with Crippen LogP contribution in [0, 0.1) is 0 Å². The summed E-state index contributed by atoms with van der Waals surface area (Å²) < 4.78 is 44.0. The predicted octanol–water partition coefficient (Wildman–Crippen LogP) is 2.39. The molecule has 1 aromatic rings. The molecule has 0 saturated heterocycles. The standard InChI is InChI=1S/C9H8F3O3/c10-9(11,12)15-8-3-1-2-7(6-8)14-5-4-13/h1-3,6H,4-5H2. The Bertz CT molecular complexity index is 312. The number of rotatable bonds is 4. The number of benzene rings is 1. The van der Waals surface area contributed by atoms with E-state index in [1.165, 1.54) is 12.1 Å². The molecule has 0 aliphatic rings. The summed E-state index contributed by atoms with van der Waals surface area (Å²) in [5.74, 6) is -0.196. The first-order chi connectivity index (χ1) is 7.01. The second kappa shape index (κ2) is 4.88. The van der Waals surface area contributed by atoms with Crippen molar-refractivity contribution in [2.24, 2.45) is 0 Å². The van der Waals surface area contributed by atoms with Gasteiger partial charge >= 0.3 is 6.36 Å². The molecule has 0 amide bonds. The molecule has 0 aromatic heterocycles. The highest BCUT2D eigenvalue weighted by Crippen LogP contribution is 2.25. The molecule has 1 aromatic carbocycles. The summed E-state index contributed by atoms with van der Waals surface area (Å²) in [6, 6.07) is 5.01. The first-order valence-corrected chi connectivity index (χ1v) is 4.08. The summed E-state index contributed by atoms with van der Waals surface area (Å²) >= 11 is 0. The SMILES string of the molecule is [O]CCOc1cccc(OC(F)(F)F)c1. The third-order valence-electron chi connectivity index (χ3n) is 1.39. The Labute approximate surface area is 84.0 Å². The Morgan fingerprint density at radius 3 is 2.47 bits per heavy atom. The molecule has 1 radical (unpaired) electrons. The Hall–Kier alpha value is -1.43. The van der Waals surface area contributed by atoms with Crippen molar-refractivity contribution in [2.75, 3.05) is 13.2 Å². The second-order valence-electron chi connectivity index (χ2n) is 2.58. The van der Waals surface area contributed by atoms with Gasteiger partial charge in [-0.05, 0) is 12.1 Å². The summed E-state index contributed by atoms with van der Waals surface area (Å²) in [5.41, 5.74) is 0. The molecule has 0 aliphatic heterocycles. The van der Waals surface area contributed by atoms with E-state index in [-0.39, 0.29) is 18.1 Å². The van der Waals surface area contributed by atoms with Gasteiger partial charge in [0.1, 0.15) is 24.7 Å². The second-order valence-corrected chi connectivity index (χ2v) is 2.58. The highest BCUT2D eigenvalue weighted by Gasteiger charge is 2.31. The molecule has 15 heavy (non-hydrogen) atoms. The van der Waals surface area contributed by atoms with Crippen LogP contribution in [0.5, 0.6) is 11.5 Å². The number of halogens is 3. The molecular formula is C9H8F3O3. The highest BCUT2D eigenvalue weighted by atomic mass is 19.4. The van der Waals surface area contributed by atoms with Gasteiger partial charge in [-0.15, -0.1) is 13.2 Å². The predicted molar refractivity (Wildman–Crippen MR) is 44.2 cm³/mol. The van der Waals surface area contributed by atoms with Crippen LogP contribution < -0.4 is 9.47 Å². The first kappa shape index (κ1) is 11.6. The molecule has 0 N–H and O–H groups in total. The van der Waals surface area contributed by atoms with E-state index in [9.17, 15) is 18.3 Å². The lowest BCUT2D eigenvalue weighted by molar-refractivity contribution is -0.274. The van der Waals surface area contributed by atoms with Crippen molar-refractivity contribution in [2.45, 2.75) is 6.36 Å². The van der Waals surface area contributed by atoms with Crippen molar-refractivity contribution < 1.29 is 27.8 Å². The molecule has 1 rings (SSSR count). The first-order valence-electron chi connectivity index (χ1n) is 4.08. The van der Waals surface area contributed by atoms with Crippen molar-refractivity contribution in [3.8, 4) is 11.5 Å². The maximum absolute atomic E-state index is 11.8. The molecular weight excluding hydrogens is 213 g/mol. The number of hydrogen-bond donors (Lipinski definition) is 0. The fourth-order valence-corrected chi connectivity index (χ4v) is 0.921. The van der Waals surface area contributed by atoms with Crippen molar-refractivity contribution in [1.82, 2.24) is 0 Å². The quantitative estimate of drug-likeness (QED) is 0.782. The maximum Gasteiger partial charge on any atom is 0.573 e. The molecule has 0 bridgehead atoms. The van der Waals surface area contributed by atoms with Crippen LogP contribution in [0.3, 0.4) is 0 Å². The average Bonchev–Trinajstić information content (AvgIpc) is 2.12. The molecule has 0 aliphatic carbocycles. The van der Waals surface area contributed by atoms with Gasteiger partial charge in [-0.2, -0.15) is 0 Å². The van der Waals surface area contributed by atoms with Gasteiger partial charge in [-0.25, -0.2) is 5.11 Å². The molecule has 6 heteroatoms. The molecule has 0 heterocycles. The van der Waals surface area contributed by atoms with Gasteiger partial charge in [0, 0.05) is 6.07 Å². The zero-order valence-corrected chi connectivity index (χ0v) is 7.58. The minimum absolute atomic E-state index is 0.0878. The summed E-state index contributed by atoms with van der Waals surface area (Å²) in [4.78, 5) is 0. The normalized spacial score (nSPS) is 11.2. The maximum atomic E-state index is 11.8.